The molecule has 1 aromatic rings. The van der Waals surface area contributed by atoms with Crippen LogP contribution in [0.2, 0.25) is 0 Å². The maximum Gasteiger partial charge on any atom is 0.251 e. The molecule has 0 radical (unpaired) electrons. The van der Waals surface area contributed by atoms with Crippen molar-refractivity contribution in [2.45, 2.75) is 32.4 Å². The van der Waals surface area contributed by atoms with Gasteiger partial charge in [-0.1, -0.05) is 17.2 Å². The third-order valence-corrected chi connectivity index (χ3v) is 3.24. The number of carbonyl (C=O) groups excluding carboxylic acids is 1. The first kappa shape index (κ1) is 16.0. The van der Waals surface area contributed by atoms with Gasteiger partial charge < -0.3 is 10.6 Å². The summed E-state index contributed by atoms with van der Waals surface area (Å²) in [5.74, 6) is -0.0905. The van der Waals surface area contributed by atoms with E-state index >= 15 is 0 Å². The van der Waals surface area contributed by atoms with Crippen LogP contribution in [0.5, 0.6) is 0 Å². The molecule has 0 fully saturated rings. The summed E-state index contributed by atoms with van der Waals surface area (Å²) in [6.45, 7) is 5.09. The topological polar surface area (TPSA) is 89.9 Å². The molecular weight excluding hydrogens is 254 g/mol. The fraction of sp³-hybridized carbons (Fsp3) is 0.500. The molecule has 1 rings (SSSR count). The van der Waals surface area contributed by atoms with E-state index in [0.29, 0.717) is 18.7 Å². The summed E-state index contributed by atoms with van der Waals surface area (Å²) in [7, 11) is 1.91. The van der Waals surface area contributed by atoms with E-state index in [1.54, 1.807) is 24.3 Å². The van der Waals surface area contributed by atoms with Gasteiger partial charge in [-0.05, 0) is 50.5 Å². The molecule has 2 N–H and O–H groups in total. The molecule has 0 saturated heterocycles. The van der Waals surface area contributed by atoms with Gasteiger partial charge in [0, 0.05) is 22.6 Å². The molecule has 0 saturated carbocycles. The Bertz CT molecular complexity index is 489. The van der Waals surface area contributed by atoms with Gasteiger partial charge in [-0.15, -0.1) is 0 Å². The number of carbonyl (C=O) groups is 1. The van der Waals surface area contributed by atoms with Gasteiger partial charge in [0.25, 0.3) is 5.91 Å². The minimum atomic E-state index is -0.0905. The van der Waals surface area contributed by atoms with E-state index in [-0.39, 0.29) is 11.4 Å². The van der Waals surface area contributed by atoms with Crippen LogP contribution in [-0.4, -0.2) is 25.0 Å². The molecule has 0 heterocycles. The van der Waals surface area contributed by atoms with Crippen molar-refractivity contribution in [3.63, 3.8) is 0 Å². The third kappa shape index (κ3) is 5.30. The first-order valence-electron chi connectivity index (χ1n) is 6.55. The van der Waals surface area contributed by atoms with Gasteiger partial charge in [0.05, 0.1) is 6.54 Å². The lowest BCUT2D eigenvalue weighted by Crippen LogP contribution is -2.40. The first-order chi connectivity index (χ1) is 9.48. The van der Waals surface area contributed by atoms with E-state index in [2.05, 4.69) is 34.5 Å². The highest BCUT2D eigenvalue weighted by atomic mass is 16.1. The zero-order valence-corrected chi connectivity index (χ0v) is 12.2. The van der Waals surface area contributed by atoms with Crippen LogP contribution in [0.4, 0.5) is 0 Å². The zero-order valence-electron chi connectivity index (χ0n) is 12.2. The van der Waals surface area contributed by atoms with Gasteiger partial charge in [-0.3, -0.25) is 4.79 Å². The highest BCUT2D eigenvalue weighted by molar-refractivity contribution is 5.94. The predicted octanol–water partition coefficient (Wildman–Crippen LogP) is 2.61. The van der Waals surface area contributed by atoms with Gasteiger partial charge in [0.1, 0.15) is 0 Å². The quantitative estimate of drug-likeness (QED) is 0.455. The van der Waals surface area contributed by atoms with Crippen molar-refractivity contribution in [1.82, 2.24) is 10.6 Å². The van der Waals surface area contributed by atoms with Crippen LogP contribution in [0.15, 0.2) is 29.4 Å². The van der Waals surface area contributed by atoms with Crippen LogP contribution in [0, 0.1) is 0 Å². The Kier molecular flexibility index (Phi) is 6.03. The van der Waals surface area contributed by atoms with E-state index in [4.69, 9.17) is 5.53 Å². The van der Waals surface area contributed by atoms with Crippen molar-refractivity contribution in [3.05, 3.63) is 45.8 Å². The number of nitrogens with zero attached hydrogens (tertiary/aromatic N) is 3. The van der Waals surface area contributed by atoms with E-state index in [9.17, 15) is 4.79 Å². The van der Waals surface area contributed by atoms with Gasteiger partial charge in [0.15, 0.2) is 0 Å². The molecule has 6 heteroatoms. The summed E-state index contributed by atoms with van der Waals surface area (Å²) in [4.78, 5) is 14.6. The van der Waals surface area contributed by atoms with Crippen LogP contribution in [0.3, 0.4) is 0 Å². The van der Waals surface area contributed by atoms with E-state index in [0.717, 1.165) is 12.0 Å². The van der Waals surface area contributed by atoms with E-state index in [1.807, 2.05) is 7.05 Å². The lowest BCUT2D eigenvalue weighted by molar-refractivity contribution is 0.0950. The average molecular weight is 275 g/mol. The van der Waals surface area contributed by atoms with Crippen molar-refractivity contribution in [1.29, 1.82) is 0 Å². The maximum absolute atomic E-state index is 11.9. The molecule has 6 nitrogen and oxygen atoms in total. The lowest BCUT2D eigenvalue weighted by Gasteiger charge is -2.23. The molecule has 0 spiro atoms. The monoisotopic (exact) mass is 275 g/mol. The number of rotatable bonds is 7. The van der Waals surface area contributed by atoms with Gasteiger partial charge in [0.2, 0.25) is 0 Å². The molecule has 0 aliphatic heterocycles. The standard InChI is InChI=1S/C14H21N5O/c1-14(2,16-3)8-9-17-13(20)12-6-4-11(5-7-12)10-18-19-15/h4-7,16H,8-10H2,1-3H3,(H,17,20). The lowest BCUT2D eigenvalue weighted by atomic mass is 10.0. The van der Waals surface area contributed by atoms with Gasteiger partial charge >= 0.3 is 0 Å². The number of amides is 1. The molecule has 0 aliphatic rings. The van der Waals surface area contributed by atoms with Crippen LogP contribution < -0.4 is 10.6 Å². The number of hydrogen-bond acceptors (Lipinski definition) is 3. The summed E-state index contributed by atoms with van der Waals surface area (Å²) < 4.78 is 0. The number of benzene rings is 1. The molecule has 108 valence electrons. The fourth-order valence-corrected chi connectivity index (χ4v) is 1.59. The summed E-state index contributed by atoms with van der Waals surface area (Å²) in [5, 5.41) is 9.56. The molecule has 20 heavy (non-hydrogen) atoms. The Morgan fingerprint density at radius 3 is 2.55 bits per heavy atom. The Morgan fingerprint density at radius 1 is 1.35 bits per heavy atom. The van der Waals surface area contributed by atoms with Crippen LogP contribution >= 0.6 is 0 Å². The van der Waals surface area contributed by atoms with Gasteiger partial charge in [-0.2, -0.15) is 0 Å². The van der Waals surface area contributed by atoms with Crippen molar-refractivity contribution in [2.75, 3.05) is 13.6 Å². The SMILES string of the molecule is CNC(C)(C)CCNC(=O)c1ccc(CN=[N+]=[N-])cc1. The second-order valence-corrected chi connectivity index (χ2v) is 5.23. The Balaban J connectivity index is 2.49. The van der Waals surface area contributed by atoms with Crippen molar-refractivity contribution in [3.8, 4) is 0 Å². The molecule has 0 atom stereocenters. The molecule has 0 unspecified atom stereocenters. The molecule has 1 aromatic carbocycles. The Morgan fingerprint density at radius 2 is 2.00 bits per heavy atom. The molecule has 0 aromatic heterocycles. The predicted molar refractivity (Wildman–Crippen MR) is 79.4 cm³/mol. The van der Waals surface area contributed by atoms with Crippen LogP contribution in [0.1, 0.15) is 36.2 Å². The summed E-state index contributed by atoms with van der Waals surface area (Å²) >= 11 is 0. The highest BCUT2D eigenvalue weighted by Crippen LogP contribution is 2.08. The molecule has 0 aliphatic carbocycles. The highest BCUT2D eigenvalue weighted by Gasteiger charge is 2.14. The second kappa shape index (κ2) is 7.53. The third-order valence-electron chi connectivity index (χ3n) is 3.24. The van der Waals surface area contributed by atoms with Crippen LogP contribution in [-0.2, 0) is 6.54 Å². The van der Waals surface area contributed by atoms with E-state index in [1.165, 1.54) is 0 Å². The van der Waals surface area contributed by atoms with E-state index < -0.39 is 0 Å². The minimum Gasteiger partial charge on any atom is -0.352 e. The average Bonchev–Trinajstić information content (AvgIpc) is 2.45. The van der Waals surface area contributed by atoms with Gasteiger partial charge in [-0.25, -0.2) is 0 Å². The first-order valence-corrected chi connectivity index (χ1v) is 6.55. The molecule has 0 bridgehead atoms. The molecule has 1 amide bonds. The number of nitrogens with one attached hydrogen (secondary N) is 2. The van der Waals surface area contributed by atoms with Crippen molar-refractivity contribution in [2.24, 2.45) is 5.11 Å². The maximum atomic E-state index is 11.9. The normalized spacial score (nSPS) is 10.8. The van der Waals surface area contributed by atoms with Crippen molar-refractivity contribution < 1.29 is 4.79 Å². The largest absolute Gasteiger partial charge is 0.352 e. The zero-order chi connectivity index (χ0) is 15.0. The fourth-order valence-electron chi connectivity index (χ4n) is 1.59. The van der Waals surface area contributed by atoms with Crippen LogP contribution in [0.25, 0.3) is 10.4 Å². The Hall–Kier alpha value is -2.04. The number of azide groups is 1. The second-order valence-electron chi connectivity index (χ2n) is 5.23. The summed E-state index contributed by atoms with van der Waals surface area (Å²) in [6, 6.07) is 7.06. The minimum absolute atomic E-state index is 0.00639. The van der Waals surface area contributed by atoms with Crippen molar-refractivity contribution >= 4 is 5.91 Å². The number of hydrogen-bond donors (Lipinski definition) is 2. The summed E-state index contributed by atoms with van der Waals surface area (Å²) in [6.07, 6.45) is 0.851. The Labute approximate surface area is 119 Å². The smallest absolute Gasteiger partial charge is 0.251 e. The summed E-state index contributed by atoms with van der Waals surface area (Å²) in [5.41, 5.74) is 9.74. The molecular formula is C14H21N5O.